The molecule has 33 heavy (non-hydrogen) atoms. The lowest BCUT2D eigenvalue weighted by Gasteiger charge is -2.21. The molecule has 7 heteroatoms. The molecule has 1 aliphatic rings. The predicted octanol–water partition coefficient (Wildman–Crippen LogP) is 3.68. The number of carbonyl (C=O) groups is 3. The Bertz CT molecular complexity index is 1120. The summed E-state index contributed by atoms with van der Waals surface area (Å²) in [6.07, 6.45) is 0.349. The van der Waals surface area contributed by atoms with Gasteiger partial charge in [-0.3, -0.25) is 9.59 Å². The van der Waals surface area contributed by atoms with Crippen molar-refractivity contribution in [1.82, 2.24) is 10.2 Å². The molecule has 0 spiro atoms. The maximum atomic E-state index is 12.8. The van der Waals surface area contributed by atoms with Gasteiger partial charge in [-0.2, -0.15) is 0 Å². The summed E-state index contributed by atoms with van der Waals surface area (Å²) in [5.41, 5.74) is 1.38. The van der Waals surface area contributed by atoms with Gasteiger partial charge in [0.1, 0.15) is 17.5 Å². The van der Waals surface area contributed by atoms with Crippen LogP contribution in [0.4, 0.5) is 0 Å². The number of para-hydroxylation sites is 1. The normalized spacial score (nSPS) is 17.4. The first-order valence-electron chi connectivity index (χ1n) is 10.7. The minimum atomic E-state index is -1.04. The van der Waals surface area contributed by atoms with Gasteiger partial charge < -0.3 is 20.1 Å². The summed E-state index contributed by atoms with van der Waals surface area (Å²) in [4.78, 5) is 38.3. The van der Waals surface area contributed by atoms with Crippen LogP contribution in [0.3, 0.4) is 0 Å². The van der Waals surface area contributed by atoms with Crippen LogP contribution in [0.25, 0.3) is 0 Å². The zero-order valence-corrected chi connectivity index (χ0v) is 17.9. The third-order valence-electron chi connectivity index (χ3n) is 5.67. The van der Waals surface area contributed by atoms with E-state index in [2.05, 4.69) is 5.32 Å². The molecule has 3 aromatic carbocycles. The molecule has 7 nitrogen and oxygen atoms in total. The fourth-order valence-electron chi connectivity index (χ4n) is 3.97. The Morgan fingerprint density at radius 3 is 2.12 bits per heavy atom. The van der Waals surface area contributed by atoms with Crippen molar-refractivity contribution in [3.63, 3.8) is 0 Å². The Hall–Kier alpha value is -4.13. The largest absolute Gasteiger partial charge is 0.480 e. The van der Waals surface area contributed by atoms with Crippen LogP contribution in [0.15, 0.2) is 84.9 Å². The summed E-state index contributed by atoms with van der Waals surface area (Å²) in [6.45, 7) is 0.0353. The van der Waals surface area contributed by atoms with E-state index < -0.39 is 23.8 Å². The number of nitrogens with zero attached hydrogens (tertiary/aromatic N) is 1. The van der Waals surface area contributed by atoms with Crippen molar-refractivity contribution in [2.24, 2.45) is 0 Å². The number of rotatable bonds is 7. The second-order valence-electron chi connectivity index (χ2n) is 7.87. The molecule has 2 atom stereocenters. The first-order chi connectivity index (χ1) is 16.0. The number of carboxylic acids is 1. The van der Waals surface area contributed by atoms with E-state index in [0.717, 1.165) is 5.56 Å². The van der Waals surface area contributed by atoms with Crippen molar-refractivity contribution in [3.05, 3.63) is 96.1 Å². The SMILES string of the molecule is O=C(NCC(=O)N1CC(c2ccccc2)C[C@H]1C(=O)O)c1ccc(Oc2ccccc2)cc1. The first-order valence-corrected chi connectivity index (χ1v) is 10.7. The molecule has 1 unspecified atom stereocenters. The van der Waals surface area contributed by atoms with Gasteiger partial charge in [0.2, 0.25) is 5.91 Å². The Kier molecular flexibility index (Phi) is 6.69. The second-order valence-corrected chi connectivity index (χ2v) is 7.87. The van der Waals surface area contributed by atoms with E-state index in [1.807, 2.05) is 60.7 Å². The molecule has 0 aliphatic carbocycles. The van der Waals surface area contributed by atoms with E-state index in [1.54, 1.807) is 24.3 Å². The Morgan fingerprint density at radius 1 is 0.879 bits per heavy atom. The summed E-state index contributed by atoms with van der Waals surface area (Å²) in [5.74, 6) is -0.653. The van der Waals surface area contributed by atoms with Crippen LogP contribution in [0.1, 0.15) is 28.3 Å². The summed E-state index contributed by atoms with van der Waals surface area (Å²) >= 11 is 0. The Labute approximate surface area is 191 Å². The quantitative estimate of drug-likeness (QED) is 0.580. The molecule has 1 saturated heterocycles. The summed E-state index contributed by atoms with van der Waals surface area (Å²) < 4.78 is 5.71. The van der Waals surface area contributed by atoms with E-state index in [4.69, 9.17) is 4.74 Å². The molecule has 0 radical (unpaired) electrons. The Morgan fingerprint density at radius 2 is 1.48 bits per heavy atom. The van der Waals surface area contributed by atoms with Crippen molar-refractivity contribution < 1.29 is 24.2 Å². The number of amides is 2. The number of hydrogen-bond donors (Lipinski definition) is 2. The monoisotopic (exact) mass is 444 g/mol. The minimum absolute atomic E-state index is 0.0517. The van der Waals surface area contributed by atoms with E-state index in [0.29, 0.717) is 30.0 Å². The van der Waals surface area contributed by atoms with Gasteiger partial charge in [-0.05, 0) is 48.4 Å². The highest BCUT2D eigenvalue weighted by Gasteiger charge is 2.40. The molecule has 3 aromatic rings. The molecule has 1 heterocycles. The topological polar surface area (TPSA) is 95.9 Å². The summed E-state index contributed by atoms with van der Waals surface area (Å²) in [6, 6.07) is 24.5. The fraction of sp³-hybridized carbons (Fsp3) is 0.192. The third-order valence-corrected chi connectivity index (χ3v) is 5.67. The number of aliphatic carboxylic acids is 1. The number of carbonyl (C=O) groups excluding carboxylic acids is 2. The highest BCUT2D eigenvalue weighted by molar-refractivity contribution is 5.97. The molecule has 2 amide bonds. The van der Waals surface area contributed by atoms with Crippen molar-refractivity contribution in [2.75, 3.05) is 13.1 Å². The molecule has 0 saturated carbocycles. The summed E-state index contributed by atoms with van der Waals surface area (Å²) in [5, 5.41) is 12.2. The summed E-state index contributed by atoms with van der Waals surface area (Å²) in [7, 11) is 0. The van der Waals surface area contributed by atoms with Crippen LogP contribution >= 0.6 is 0 Å². The fourth-order valence-corrected chi connectivity index (χ4v) is 3.97. The maximum Gasteiger partial charge on any atom is 0.326 e. The van der Waals surface area contributed by atoms with E-state index in [1.165, 1.54) is 4.90 Å². The van der Waals surface area contributed by atoms with E-state index >= 15 is 0 Å². The number of nitrogens with one attached hydrogen (secondary N) is 1. The molecule has 1 fully saturated rings. The molecular formula is C26H24N2O5. The van der Waals surface area contributed by atoms with Gasteiger partial charge in [0.15, 0.2) is 0 Å². The lowest BCUT2D eigenvalue weighted by molar-refractivity contribution is -0.147. The number of likely N-dealkylation sites (tertiary alicyclic amines) is 1. The zero-order chi connectivity index (χ0) is 23.2. The van der Waals surface area contributed by atoms with Crippen molar-refractivity contribution in [3.8, 4) is 11.5 Å². The van der Waals surface area contributed by atoms with E-state index in [9.17, 15) is 19.5 Å². The van der Waals surface area contributed by atoms with Crippen LogP contribution in [-0.4, -0.2) is 46.9 Å². The molecule has 0 bridgehead atoms. The number of ether oxygens (including phenoxy) is 1. The first kappa shape index (κ1) is 22.1. The second kappa shape index (κ2) is 9.99. The van der Waals surface area contributed by atoms with Gasteiger partial charge in [0.25, 0.3) is 5.91 Å². The highest BCUT2D eigenvalue weighted by Crippen LogP contribution is 2.32. The molecule has 168 valence electrons. The van der Waals surface area contributed by atoms with Crippen LogP contribution in [0.5, 0.6) is 11.5 Å². The molecule has 4 rings (SSSR count). The van der Waals surface area contributed by atoms with Gasteiger partial charge in [0.05, 0.1) is 6.54 Å². The lowest BCUT2D eigenvalue weighted by atomic mass is 9.96. The lowest BCUT2D eigenvalue weighted by Crippen LogP contribution is -2.45. The molecule has 0 aromatic heterocycles. The smallest absolute Gasteiger partial charge is 0.326 e. The van der Waals surface area contributed by atoms with Crippen LogP contribution in [0, 0.1) is 0 Å². The minimum Gasteiger partial charge on any atom is -0.480 e. The van der Waals surface area contributed by atoms with Crippen molar-refractivity contribution in [1.29, 1.82) is 0 Å². The Balaban J connectivity index is 1.34. The van der Waals surface area contributed by atoms with Crippen LogP contribution in [-0.2, 0) is 9.59 Å². The number of benzene rings is 3. The van der Waals surface area contributed by atoms with Gasteiger partial charge in [-0.25, -0.2) is 4.79 Å². The standard InChI is InChI=1S/C26H24N2O5/c29-24(28-17-20(15-23(28)26(31)32)18-7-3-1-4-8-18)16-27-25(30)19-11-13-22(14-12-19)33-21-9-5-2-6-10-21/h1-14,20,23H,15-17H2,(H,27,30)(H,31,32)/t20?,23-/m0/s1. The molecule has 1 aliphatic heterocycles. The third kappa shape index (κ3) is 5.38. The van der Waals surface area contributed by atoms with Crippen LogP contribution < -0.4 is 10.1 Å². The number of hydrogen-bond acceptors (Lipinski definition) is 4. The predicted molar refractivity (Wildman–Crippen MR) is 122 cm³/mol. The molecular weight excluding hydrogens is 420 g/mol. The average Bonchev–Trinajstić information content (AvgIpc) is 3.30. The van der Waals surface area contributed by atoms with Crippen molar-refractivity contribution >= 4 is 17.8 Å². The van der Waals surface area contributed by atoms with Gasteiger partial charge >= 0.3 is 5.97 Å². The number of carboxylic acid groups (broad SMARTS) is 1. The van der Waals surface area contributed by atoms with E-state index in [-0.39, 0.29) is 12.5 Å². The van der Waals surface area contributed by atoms with Crippen LogP contribution in [0.2, 0.25) is 0 Å². The highest BCUT2D eigenvalue weighted by atomic mass is 16.5. The van der Waals surface area contributed by atoms with Gasteiger partial charge in [0, 0.05) is 18.0 Å². The average molecular weight is 444 g/mol. The molecule has 2 N–H and O–H groups in total. The zero-order valence-electron chi connectivity index (χ0n) is 17.9. The van der Waals surface area contributed by atoms with Crippen molar-refractivity contribution in [2.45, 2.75) is 18.4 Å². The van der Waals surface area contributed by atoms with Gasteiger partial charge in [-0.15, -0.1) is 0 Å². The van der Waals surface area contributed by atoms with Gasteiger partial charge in [-0.1, -0.05) is 48.5 Å². The maximum absolute atomic E-state index is 12.8.